The van der Waals surface area contributed by atoms with Crippen LogP contribution in [0.5, 0.6) is 0 Å². The van der Waals surface area contributed by atoms with E-state index >= 15 is 0 Å². The third kappa shape index (κ3) is 6.75. The Balaban J connectivity index is 1.81. The maximum Gasteiger partial charge on any atom is 0.251 e. The quantitative estimate of drug-likeness (QED) is 0.563. The smallest absolute Gasteiger partial charge is 0.251 e. The van der Waals surface area contributed by atoms with Crippen molar-refractivity contribution in [3.63, 3.8) is 0 Å². The molecular formula is C21H27N3O3. The molecule has 0 bridgehead atoms. The highest BCUT2D eigenvalue weighted by Gasteiger charge is 2.12. The van der Waals surface area contributed by atoms with Crippen LogP contribution in [0, 0.1) is 0 Å². The summed E-state index contributed by atoms with van der Waals surface area (Å²) in [5, 5.41) is 8.88. The van der Waals surface area contributed by atoms with Crippen molar-refractivity contribution in [1.82, 2.24) is 10.6 Å². The Bertz CT molecular complexity index is 717. The van der Waals surface area contributed by atoms with Gasteiger partial charge < -0.3 is 20.7 Å². The van der Waals surface area contributed by atoms with Crippen LogP contribution in [0.3, 0.4) is 0 Å². The van der Waals surface area contributed by atoms with Gasteiger partial charge in [0.25, 0.3) is 5.91 Å². The molecule has 144 valence electrons. The van der Waals surface area contributed by atoms with Crippen LogP contribution in [0.15, 0.2) is 54.6 Å². The average molecular weight is 369 g/mol. The number of amides is 2. The lowest BCUT2D eigenvalue weighted by Gasteiger charge is -2.18. The third-order valence-electron chi connectivity index (χ3n) is 4.14. The normalized spacial score (nSPS) is 11.5. The number of methoxy groups -OCH3 is 1. The molecule has 6 nitrogen and oxygen atoms in total. The first kappa shape index (κ1) is 20.5. The van der Waals surface area contributed by atoms with E-state index < -0.39 is 0 Å². The molecule has 0 saturated heterocycles. The van der Waals surface area contributed by atoms with Crippen LogP contribution < -0.4 is 16.0 Å². The van der Waals surface area contributed by atoms with Crippen LogP contribution in [0.2, 0.25) is 0 Å². The highest BCUT2D eigenvalue weighted by Crippen LogP contribution is 2.15. The van der Waals surface area contributed by atoms with E-state index in [1.54, 1.807) is 31.4 Å². The molecule has 0 heterocycles. The molecule has 0 saturated carbocycles. The molecule has 2 rings (SSSR count). The van der Waals surface area contributed by atoms with Gasteiger partial charge in [-0.25, -0.2) is 0 Å². The minimum absolute atomic E-state index is 0.00123. The minimum Gasteiger partial charge on any atom is -0.383 e. The Labute approximate surface area is 160 Å². The first-order valence-electron chi connectivity index (χ1n) is 9.09. The molecule has 0 radical (unpaired) electrons. The summed E-state index contributed by atoms with van der Waals surface area (Å²) in [4.78, 5) is 24.2. The fourth-order valence-electron chi connectivity index (χ4n) is 2.64. The van der Waals surface area contributed by atoms with E-state index in [0.29, 0.717) is 18.7 Å². The van der Waals surface area contributed by atoms with Gasteiger partial charge in [0.05, 0.1) is 19.2 Å². The Morgan fingerprint density at radius 3 is 2.37 bits per heavy atom. The average Bonchev–Trinajstić information content (AvgIpc) is 2.71. The third-order valence-corrected chi connectivity index (χ3v) is 4.14. The van der Waals surface area contributed by atoms with Crippen molar-refractivity contribution < 1.29 is 14.3 Å². The van der Waals surface area contributed by atoms with Gasteiger partial charge in [0.15, 0.2) is 0 Å². The number of hydrogen-bond acceptors (Lipinski definition) is 4. The van der Waals surface area contributed by atoms with Gasteiger partial charge in [0.2, 0.25) is 5.91 Å². The SMILES string of the molecule is CCC(NC(=O)CNc1ccc(C(=O)NCCOC)cc1)c1ccccc1. The number of rotatable bonds is 10. The number of benzene rings is 2. The summed E-state index contributed by atoms with van der Waals surface area (Å²) in [7, 11) is 1.59. The van der Waals surface area contributed by atoms with Gasteiger partial charge in [-0.15, -0.1) is 0 Å². The lowest BCUT2D eigenvalue weighted by molar-refractivity contribution is -0.120. The molecular weight excluding hydrogens is 342 g/mol. The zero-order chi connectivity index (χ0) is 19.5. The molecule has 0 fully saturated rings. The summed E-state index contributed by atoms with van der Waals surface area (Å²) in [6.45, 7) is 3.15. The predicted octanol–water partition coefficient (Wildman–Crippen LogP) is 2.74. The lowest BCUT2D eigenvalue weighted by Crippen LogP contribution is -2.33. The van der Waals surface area contributed by atoms with E-state index in [1.807, 2.05) is 37.3 Å². The highest BCUT2D eigenvalue weighted by atomic mass is 16.5. The molecule has 3 N–H and O–H groups in total. The second-order valence-electron chi connectivity index (χ2n) is 6.12. The van der Waals surface area contributed by atoms with Gasteiger partial charge in [-0.05, 0) is 36.2 Å². The first-order chi connectivity index (χ1) is 13.1. The van der Waals surface area contributed by atoms with E-state index in [0.717, 1.165) is 17.7 Å². The van der Waals surface area contributed by atoms with Gasteiger partial charge in [0, 0.05) is 24.9 Å². The summed E-state index contributed by atoms with van der Waals surface area (Å²) in [5.41, 5.74) is 2.44. The molecule has 2 aromatic carbocycles. The van der Waals surface area contributed by atoms with Crippen molar-refractivity contribution >= 4 is 17.5 Å². The van der Waals surface area contributed by atoms with E-state index in [2.05, 4.69) is 16.0 Å². The van der Waals surface area contributed by atoms with E-state index in [-0.39, 0.29) is 24.4 Å². The summed E-state index contributed by atoms with van der Waals surface area (Å²) < 4.78 is 4.90. The number of hydrogen-bond donors (Lipinski definition) is 3. The van der Waals surface area contributed by atoms with Crippen LogP contribution in [-0.4, -0.2) is 38.6 Å². The molecule has 0 aliphatic heterocycles. The summed E-state index contributed by atoms with van der Waals surface area (Å²) in [6, 6.07) is 16.9. The second kappa shape index (κ2) is 11.0. The maximum absolute atomic E-state index is 12.2. The Morgan fingerprint density at radius 1 is 1.04 bits per heavy atom. The number of ether oxygens (including phenoxy) is 1. The molecule has 1 unspecified atom stereocenters. The minimum atomic E-state index is -0.148. The largest absolute Gasteiger partial charge is 0.383 e. The van der Waals surface area contributed by atoms with Crippen LogP contribution in [-0.2, 0) is 9.53 Å². The van der Waals surface area contributed by atoms with Crippen molar-refractivity contribution in [1.29, 1.82) is 0 Å². The first-order valence-corrected chi connectivity index (χ1v) is 9.09. The fourth-order valence-corrected chi connectivity index (χ4v) is 2.64. The maximum atomic E-state index is 12.2. The van der Waals surface area contributed by atoms with Crippen molar-refractivity contribution in [2.24, 2.45) is 0 Å². The molecule has 6 heteroatoms. The lowest BCUT2D eigenvalue weighted by atomic mass is 10.0. The van der Waals surface area contributed by atoms with E-state index in [9.17, 15) is 9.59 Å². The van der Waals surface area contributed by atoms with Crippen molar-refractivity contribution in [2.45, 2.75) is 19.4 Å². The number of nitrogens with one attached hydrogen (secondary N) is 3. The molecule has 0 spiro atoms. The summed E-state index contributed by atoms with van der Waals surface area (Å²) in [5.74, 6) is -0.225. The Morgan fingerprint density at radius 2 is 1.74 bits per heavy atom. The molecule has 0 aliphatic rings. The van der Waals surface area contributed by atoms with Crippen LogP contribution in [0.25, 0.3) is 0 Å². The van der Waals surface area contributed by atoms with Gasteiger partial charge in [-0.1, -0.05) is 37.3 Å². The topological polar surface area (TPSA) is 79.5 Å². The highest BCUT2D eigenvalue weighted by molar-refractivity contribution is 5.94. The predicted molar refractivity (Wildman–Crippen MR) is 107 cm³/mol. The standard InChI is InChI=1S/C21H27N3O3/c1-3-19(16-7-5-4-6-8-16)24-20(25)15-23-18-11-9-17(10-12-18)21(26)22-13-14-27-2/h4-12,19,23H,3,13-15H2,1-2H3,(H,22,26)(H,24,25). The van der Waals surface area contributed by atoms with E-state index in [1.165, 1.54) is 0 Å². The van der Waals surface area contributed by atoms with Gasteiger partial charge in [0.1, 0.15) is 0 Å². The molecule has 2 amide bonds. The van der Waals surface area contributed by atoms with Gasteiger partial charge in [-0.2, -0.15) is 0 Å². The number of carbonyl (C=O) groups excluding carboxylic acids is 2. The summed E-state index contributed by atoms with van der Waals surface area (Å²) >= 11 is 0. The Hall–Kier alpha value is -2.86. The van der Waals surface area contributed by atoms with E-state index in [4.69, 9.17) is 4.74 Å². The van der Waals surface area contributed by atoms with Crippen LogP contribution >= 0.6 is 0 Å². The van der Waals surface area contributed by atoms with Crippen molar-refractivity contribution in [3.8, 4) is 0 Å². The second-order valence-corrected chi connectivity index (χ2v) is 6.12. The van der Waals surface area contributed by atoms with Gasteiger partial charge >= 0.3 is 0 Å². The van der Waals surface area contributed by atoms with Crippen molar-refractivity contribution in [2.75, 3.05) is 32.1 Å². The number of anilines is 1. The zero-order valence-electron chi connectivity index (χ0n) is 15.8. The van der Waals surface area contributed by atoms with Crippen LogP contribution in [0.1, 0.15) is 35.3 Å². The number of carbonyl (C=O) groups is 2. The Kier molecular flexibility index (Phi) is 8.32. The molecule has 1 atom stereocenters. The molecule has 0 aromatic heterocycles. The monoisotopic (exact) mass is 369 g/mol. The van der Waals surface area contributed by atoms with Crippen LogP contribution in [0.4, 0.5) is 5.69 Å². The fraction of sp³-hybridized carbons (Fsp3) is 0.333. The van der Waals surface area contributed by atoms with Crippen molar-refractivity contribution in [3.05, 3.63) is 65.7 Å². The molecule has 2 aromatic rings. The summed E-state index contributed by atoms with van der Waals surface area (Å²) in [6.07, 6.45) is 0.822. The van der Waals surface area contributed by atoms with Gasteiger partial charge in [-0.3, -0.25) is 9.59 Å². The molecule has 0 aliphatic carbocycles. The zero-order valence-corrected chi connectivity index (χ0v) is 15.8. The molecule has 27 heavy (non-hydrogen) atoms.